The van der Waals surface area contributed by atoms with E-state index in [1.165, 1.54) is 22.1 Å². The summed E-state index contributed by atoms with van der Waals surface area (Å²) in [7, 11) is 0. The smallest absolute Gasteiger partial charge is 0.251 e. The summed E-state index contributed by atoms with van der Waals surface area (Å²) in [5, 5.41) is 2.39. The van der Waals surface area contributed by atoms with E-state index < -0.39 is 0 Å². The molecule has 2 fully saturated rings. The first kappa shape index (κ1) is 22.6. The van der Waals surface area contributed by atoms with Gasteiger partial charge in [0.25, 0.3) is 5.91 Å². The van der Waals surface area contributed by atoms with Crippen LogP contribution in [0.15, 0.2) is 54.9 Å². The largest absolute Gasteiger partial charge is 0.490 e. The van der Waals surface area contributed by atoms with E-state index in [9.17, 15) is 4.79 Å². The van der Waals surface area contributed by atoms with Crippen LogP contribution >= 0.6 is 12.4 Å². The van der Waals surface area contributed by atoms with Crippen molar-refractivity contribution in [1.29, 1.82) is 0 Å². The molecule has 2 aromatic carbocycles. The molecule has 0 radical (unpaired) electrons. The van der Waals surface area contributed by atoms with E-state index in [2.05, 4.69) is 54.4 Å². The fraction of sp³-hybridized carbons (Fsp3) is 0.385. The molecule has 6 heteroatoms. The normalized spacial score (nSPS) is 19.0. The van der Waals surface area contributed by atoms with E-state index in [0.717, 1.165) is 49.9 Å². The number of benzene rings is 2. The van der Waals surface area contributed by atoms with Gasteiger partial charge in [0.05, 0.1) is 0 Å². The number of likely N-dealkylation sites (tertiary alicyclic amines) is 1. The van der Waals surface area contributed by atoms with Crippen molar-refractivity contribution >= 4 is 29.1 Å². The van der Waals surface area contributed by atoms with Crippen LogP contribution in [0.5, 0.6) is 5.75 Å². The number of halogens is 1. The van der Waals surface area contributed by atoms with Crippen LogP contribution in [-0.4, -0.2) is 47.7 Å². The average molecular weight is 453 g/mol. The van der Waals surface area contributed by atoms with Crippen molar-refractivity contribution in [3.63, 3.8) is 0 Å². The second-order valence-electron chi connectivity index (χ2n) is 8.50. The van der Waals surface area contributed by atoms with Gasteiger partial charge < -0.3 is 14.4 Å². The molecule has 32 heavy (non-hydrogen) atoms. The van der Waals surface area contributed by atoms with Gasteiger partial charge in [-0.1, -0.05) is 24.3 Å². The fourth-order valence-electron chi connectivity index (χ4n) is 4.71. The maximum Gasteiger partial charge on any atom is 0.251 e. The topological polar surface area (TPSA) is 51.7 Å². The van der Waals surface area contributed by atoms with Crippen molar-refractivity contribution < 1.29 is 14.3 Å². The molecule has 0 N–H and O–H groups in total. The van der Waals surface area contributed by atoms with Crippen LogP contribution < -0.4 is 4.74 Å². The highest BCUT2D eigenvalue weighted by Crippen LogP contribution is 2.31. The van der Waals surface area contributed by atoms with E-state index in [1.54, 1.807) is 0 Å². The van der Waals surface area contributed by atoms with Gasteiger partial charge in [0.15, 0.2) is 0 Å². The standard InChI is InChI=1S/C26H28N2O3.ClH/c1-18-23(9-6-20-17-27-13-10-24(18)20)19-4-7-21(8-5-19)31-22-11-14-28(15-12-22)26(29)25-3-2-16-30-25;/h4-10,13,17,22,25H,2-3,11-12,14-16H2,1H3;1H/t25-;/m1./s1. The van der Waals surface area contributed by atoms with Crippen LogP contribution in [0.25, 0.3) is 21.9 Å². The molecule has 0 aliphatic carbocycles. The Labute approximate surface area is 195 Å². The number of aromatic nitrogens is 1. The molecular formula is C26H29ClN2O3. The van der Waals surface area contributed by atoms with Gasteiger partial charge >= 0.3 is 0 Å². The summed E-state index contributed by atoms with van der Waals surface area (Å²) in [6, 6.07) is 14.7. The summed E-state index contributed by atoms with van der Waals surface area (Å²) in [5.74, 6) is 1.04. The number of hydrogen-bond donors (Lipinski definition) is 0. The maximum absolute atomic E-state index is 12.5. The molecule has 2 saturated heterocycles. The van der Waals surface area contributed by atoms with Crippen LogP contribution in [0.3, 0.4) is 0 Å². The molecule has 0 unspecified atom stereocenters. The number of carbonyl (C=O) groups is 1. The molecule has 1 amide bonds. The fourth-order valence-corrected chi connectivity index (χ4v) is 4.71. The second-order valence-corrected chi connectivity index (χ2v) is 8.50. The number of ether oxygens (including phenoxy) is 2. The van der Waals surface area contributed by atoms with Gasteiger partial charge in [0, 0.05) is 50.3 Å². The molecule has 1 atom stereocenters. The monoisotopic (exact) mass is 452 g/mol. The lowest BCUT2D eigenvalue weighted by molar-refractivity contribution is -0.142. The van der Waals surface area contributed by atoms with Crippen LogP contribution in [0, 0.1) is 6.92 Å². The summed E-state index contributed by atoms with van der Waals surface area (Å²) >= 11 is 0. The number of rotatable bonds is 4. The van der Waals surface area contributed by atoms with Crippen LogP contribution in [0.1, 0.15) is 31.2 Å². The molecule has 3 aromatic rings. The summed E-state index contributed by atoms with van der Waals surface area (Å²) in [4.78, 5) is 18.7. The van der Waals surface area contributed by atoms with Gasteiger partial charge in [-0.25, -0.2) is 0 Å². The Kier molecular flexibility index (Phi) is 6.97. The molecule has 2 aliphatic heterocycles. The number of piperidine rings is 1. The molecule has 0 saturated carbocycles. The molecule has 1 aromatic heterocycles. The van der Waals surface area contributed by atoms with E-state index in [0.29, 0.717) is 6.61 Å². The number of amides is 1. The number of nitrogens with zero attached hydrogens (tertiary/aromatic N) is 2. The summed E-state index contributed by atoms with van der Waals surface area (Å²) < 4.78 is 11.8. The zero-order valence-corrected chi connectivity index (χ0v) is 19.1. The van der Waals surface area contributed by atoms with Crippen LogP contribution in [0.2, 0.25) is 0 Å². The van der Waals surface area contributed by atoms with E-state index >= 15 is 0 Å². The third-order valence-corrected chi connectivity index (χ3v) is 6.52. The first-order chi connectivity index (χ1) is 15.2. The lowest BCUT2D eigenvalue weighted by Gasteiger charge is -2.33. The molecule has 168 valence electrons. The number of fused-ring (bicyclic) bond motifs is 1. The Morgan fingerprint density at radius 1 is 1.06 bits per heavy atom. The van der Waals surface area contributed by atoms with Crippen molar-refractivity contribution in [1.82, 2.24) is 9.88 Å². The van der Waals surface area contributed by atoms with Gasteiger partial charge in [-0.2, -0.15) is 0 Å². The molecule has 5 rings (SSSR count). The van der Waals surface area contributed by atoms with Crippen molar-refractivity contribution in [3.05, 3.63) is 60.4 Å². The summed E-state index contributed by atoms with van der Waals surface area (Å²) in [6.45, 7) is 4.36. The number of hydrogen-bond acceptors (Lipinski definition) is 4. The maximum atomic E-state index is 12.5. The Hall–Kier alpha value is -2.63. The second kappa shape index (κ2) is 9.88. The van der Waals surface area contributed by atoms with Crippen molar-refractivity contribution in [3.8, 4) is 16.9 Å². The van der Waals surface area contributed by atoms with Crippen molar-refractivity contribution in [2.75, 3.05) is 19.7 Å². The molecule has 3 heterocycles. The highest BCUT2D eigenvalue weighted by atomic mass is 35.5. The summed E-state index contributed by atoms with van der Waals surface area (Å²) in [6.07, 6.45) is 7.24. The molecular weight excluding hydrogens is 424 g/mol. The third kappa shape index (κ3) is 4.59. The van der Waals surface area contributed by atoms with E-state index in [4.69, 9.17) is 9.47 Å². The predicted octanol–water partition coefficient (Wildman–Crippen LogP) is 5.18. The minimum absolute atomic E-state index is 0. The Morgan fingerprint density at radius 3 is 2.56 bits per heavy atom. The van der Waals surface area contributed by atoms with Gasteiger partial charge in [0.1, 0.15) is 18.0 Å². The quantitative estimate of drug-likeness (QED) is 0.547. The number of carbonyl (C=O) groups excluding carboxylic acids is 1. The van der Waals surface area contributed by atoms with Gasteiger partial charge in [-0.3, -0.25) is 9.78 Å². The van der Waals surface area contributed by atoms with Crippen molar-refractivity contribution in [2.24, 2.45) is 0 Å². The van der Waals surface area contributed by atoms with Gasteiger partial charge in [0.2, 0.25) is 0 Å². The predicted molar refractivity (Wildman–Crippen MR) is 128 cm³/mol. The average Bonchev–Trinajstić information content (AvgIpc) is 3.35. The molecule has 5 nitrogen and oxygen atoms in total. The zero-order valence-electron chi connectivity index (χ0n) is 18.3. The number of pyridine rings is 1. The molecule has 0 bridgehead atoms. The lowest BCUT2D eigenvalue weighted by atomic mass is 9.96. The minimum atomic E-state index is -0.222. The lowest BCUT2D eigenvalue weighted by Crippen LogP contribution is -2.45. The molecule has 0 spiro atoms. The van der Waals surface area contributed by atoms with Gasteiger partial charge in [-0.05, 0) is 60.0 Å². The van der Waals surface area contributed by atoms with E-state index in [-0.39, 0.29) is 30.5 Å². The first-order valence-corrected chi connectivity index (χ1v) is 11.2. The van der Waals surface area contributed by atoms with E-state index in [1.807, 2.05) is 17.3 Å². The Bertz CT molecular complexity index is 1070. The number of aryl methyl sites for hydroxylation is 1. The first-order valence-electron chi connectivity index (χ1n) is 11.2. The Morgan fingerprint density at radius 2 is 1.84 bits per heavy atom. The van der Waals surface area contributed by atoms with Crippen LogP contribution in [0.4, 0.5) is 0 Å². The van der Waals surface area contributed by atoms with Crippen LogP contribution in [-0.2, 0) is 9.53 Å². The van der Waals surface area contributed by atoms with Gasteiger partial charge in [-0.15, -0.1) is 12.4 Å². The SMILES string of the molecule is Cc1c(-c2ccc(OC3CCN(C(=O)[C@H]4CCCO4)CC3)cc2)ccc2cnccc12.Cl. The minimum Gasteiger partial charge on any atom is -0.490 e. The van der Waals surface area contributed by atoms with Crippen molar-refractivity contribution in [2.45, 2.75) is 44.8 Å². The highest BCUT2D eigenvalue weighted by molar-refractivity contribution is 5.91. The third-order valence-electron chi connectivity index (χ3n) is 6.52. The highest BCUT2D eigenvalue weighted by Gasteiger charge is 2.31. The zero-order chi connectivity index (χ0) is 21.2. The summed E-state index contributed by atoms with van der Waals surface area (Å²) in [5.41, 5.74) is 3.67. The Balaban J connectivity index is 0.00000245. The molecule has 2 aliphatic rings.